The normalized spacial score (nSPS) is 13.2. The van der Waals surface area contributed by atoms with Crippen molar-refractivity contribution in [2.75, 3.05) is 11.5 Å². The lowest BCUT2D eigenvalue weighted by atomic mass is 10.3. The summed E-state index contributed by atoms with van der Waals surface area (Å²) >= 11 is 0. The van der Waals surface area contributed by atoms with Gasteiger partial charge in [0.25, 0.3) is 0 Å². The fourth-order valence-electron chi connectivity index (χ4n) is 0.892. The number of halogens is 2. The number of nitrogen functional groups attached to an aromatic ring is 1. The molecule has 1 atom stereocenters. The standard InChI is InChI=1S/C8H9F2NOS/c9-8(10)5-13(12)7-4-2-1-3-6(7)11/h1-4,8H,5,11H2. The molecule has 2 N–H and O–H groups in total. The number of benzene rings is 1. The predicted molar refractivity (Wildman–Crippen MR) is 48.1 cm³/mol. The number of anilines is 1. The maximum atomic E-state index is 11.9. The maximum absolute atomic E-state index is 11.9. The quantitative estimate of drug-likeness (QED) is 0.762. The summed E-state index contributed by atoms with van der Waals surface area (Å²) in [6.45, 7) is 0. The molecule has 0 amide bonds. The summed E-state index contributed by atoms with van der Waals surface area (Å²) in [7, 11) is -1.70. The Hall–Kier alpha value is -0.970. The molecule has 0 bridgehead atoms. The van der Waals surface area contributed by atoms with Gasteiger partial charge >= 0.3 is 0 Å². The first-order chi connectivity index (χ1) is 6.11. The van der Waals surface area contributed by atoms with Crippen molar-refractivity contribution in [1.29, 1.82) is 0 Å². The first-order valence-corrected chi connectivity index (χ1v) is 4.94. The SMILES string of the molecule is Nc1ccccc1S(=O)CC(F)F. The summed E-state index contributed by atoms with van der Waals surface area (Å²) in [5.74, 6) is -0.659. The van der Waals surface area contributed by atoms with Crippen LogP contribution in [0.3, 0.4) is 0 Å². The van der Waals surface area contributed by atoms with Crippen LogP contribution in [0.2, 0.25) is 0 Å². The van der Waals surface area contributed by atoms with Crippen molar-refractivity contribution in [3.05, 3.63) is 24.3 Å². The van der Waals surface area contributed by atoms with E-state index in [2.05, 4.69) is 0 Å². The topological polar surface area (TPSA) is 43.1 Å². The third-order valence-corrected chi connectivity index (χ3v) is 2.86. The summed E-state index contributed by atoms with van der Waals surface area (Å²) < 4.78 is 35.0. The third kappa shape index (κ3) is 2.77. The lowest BCUT2D eigenvalue weighted by molar-refractivity contribution is 0.175. The van der Waals surface area contributed by atoms with E-state index >= 15 is 0 Å². The molecule has 1 rings (SSSR count). The number of hydrogen-bond donors (Lipinski definition) is 1. The Morgan fingerprint density at radius 3 is 2.54 bits per heavy atom. The second-order valence-electron chi connectivity index (χ2n) is 2.44. The van der Waals surface area contributed by atoms with Crippen LogP contribution in [0.15, 0.2) is 29.2 Å². The molecule has 0 aliphatic carbocycles. The van der Waals surface area contributed by atoms with E-state index < -0.39 is 23.0 Å². The van der Waals surface area contributed by atoms with Crippen molar-refractivity contribution < 1.29 is 13.0 Å². The highest BCUT2D eigenvalue weighted by atomic mass is 32.2. The monoisotopic (exact) mass is 205 g/mol. The maximum Gasteiger partial charge on any atom is 0.250 e. The Morgan fingerprint density at radius 1 is 1.38 bits per heavy atom. The zero-order valence-corrected chi connectivity index (χ0v) is 7.56. The van der Waals surface area contributed by atoms with E-state index in [0.29, 0.717) is 5.69 Å². The molecule has 5 heteroatoms. The summed E-state index contributed by atoms with van der Waals surface area (Å²) in [5.41, 5.74) is 5.75. The Bertz CT molecular complexity index is 317. The van der Waals surface area contributed by atoms with Crippen LogP contribution in [0.25, 0.3) is 0 Å². The fourth-order valence-corrected chi connectivity index (χ4v) is 1.86. The number of alkyl halides is 2. The van der Waals surface area contributed by atoms with Crippen molar-refractivity contribution in [3.63, 3.8) is 0 Å². The number of para-hydroxylation sites is 1. The van der Waals surface area contributed by atoms with Crippen molar-refractivity contribution in [2.45, 2.75) is 11.3 Å². The van der Waals surface area contributed by atoms with Gasteiger partial charge < -0.3 is 5.73 Å². The molecule has 0 aliphatic heterocycles. The van der Waals surface area contributed by atoms with Gasteiger partial charge in [-0.25, -0.2) is 8.78 Å². The van der Waals surface area contributed by atoms with Gasteiger partial charge in [-0.3, -0.25) is 4.21 Å². The first-order valence-electron chi connectivity index (χ1n) is 3.62. The van der Waals surface area contributed by atoms with E-state index in [0.717, 1.165) is 0 Å². The van der Waals surface area contributed by atoms with Crippen LogP contribution in [-0.4, -0.2) is 16.4 Å². The van der Waals surface area contributed by atoms with Gasteiger partial charge in [0, 0.05) is 5.69 Å². The third-order valence-electron chi connectivity index (χ3n) is 1.44. The molecule has 72 valence electrons. The van der Waals surface area contributed by atoms with E-state index in [1.165, 1.54) is 6.07 Å². The highest BCUT2D eigenvalue weighted by Gasteiger charge is 2.12. The van der Waals surface area contributed by atoms with Gasteiger partial charge in [-0.2, -0.15) is 0 Å². The Labute approximate surface area is 77.2 Å². The molecule has 1 aromatic carbocycles. The Kier molecular flexibility index (Phi) is 3.36. The van der Waals surface area contributed by atoms with Gasteiger partial charge in [-0.15, -0.1) is 0 Å². The lowest BCUT2D eigenvalue weighted by Crippen LogP contribution is -2.08. The van der Waals surface area contributed by atoms with Crippen LogP contribution in [0, 0.1) is 0 Å². The van der Waals surface area contributed by atoms with E-state index in [1.54, 1.807) is 18.2 Å². The highest BCUT2D eigenvalue weighted by Crippen LogP contribution is 2.16. The first kappa shape index (κ1) is 10.1. The van der Waals surface area contributed by atoms with E-state index in [9.17, 15) is 13.0 Å². The van der Waals surface area contributed by atoms with Crippen LogP contribution in [-0.2, 0) is 10.8 Å². The largest absolute Gasteiger partial charge is 0.398 e. The van der Waals surface area contributed by atoms with Gasteiger partial charge in [-0.05, 0) is 12.1 Å². The summed E-state index contributed by atoms with van der Waals surface area (Å²) in [4.78, 5) is 0.280. The number of rotatable bonds is 3. The minimum atomic E-state index is -2.57. The van der Waals surface area contributed by atoms with E-state index in [1.807, 2.05) is 0 Å². The fraction of sp³-hybridized carbons (Fsp3) is 0.250. The molecule has 0 saturated heterocycles. The van der Waals surface area contributed by atoms with Gasteiger partial charge in [0.05, 0.1) is 21.4 Å². The zero-order valence-electron chi connectivity index (χ0n) is 6.74. The molecule has 0 heterocycles. The van der Waals surface area contributed by atoms with Crippen LogP contribution >= 0.6 is 0 Å². The second-order valence-corrected chi connectivity index (χ2v) is 3.91. The molecule has 0 fully saturated rings. The van der Waals surface area contributed by atoms with Crippen molar-refractivity contribution in [1.82, 2.24) is 0 Å². The smallest absolute Gasteiger partial charge is 0.250 e. The zero-order chi connectivity index (χ0) is 9.84. The Morgan fingerprint density at radius 2 is 2.00 bits per heavy atom. The van der Waals surface area contributed by atoms with Crippen LogP contribution in [0.5, 0.6) is 0 Å². The number of nitrogens with two attached hydrogens (primary N) is 1. The highest BCUT2D eigenvalue weighted by molar-refractivity contribution is 7.85. The molecule has 1 unspecified atom stereocenters. The molecular formula is C8H9F2NOS. The molecule has 2 nitrogen and oxygen atoms in total. The molecule has 13 heavy (non-hydrogen) atoms. The van der Waals surface area contributed by atoms with Crippen LogP contribution in [0.1, 0.15) is 0 Å². The lowest BCUT2D eigenvalue weighted by Gasteiger charge is -2.03. The minimum Gasteiger partial charge on any atom is -0.398 e. The summed E-state index contributed by atoms with van der Waals surface area (Å²) in [5, 5.41) is 0. The van der Waals surface area contributed by atoms with Gasteiger partial charge in [0.15, 0.2) is 0 Å². The van der Waals surface area contributed by atoms with Gasteiger partial charge in [0.2, 0.25) is 6.43 Å². The second kappa shape index (κ2) is 4.32. The summed E-state index contributed by atoms with van der Waals surface area (Å²) in [6.07, 6.45) is -2.57. The van der Waals surface area contributed by atoms with E-state index in [4.69, 9.17) is 5.73 Å². The van der Waals surface area contributed by atoms with Crippen molar-refractivity contribution >= 4 is 16.5 Å². The molecular weight excluding hydrogens is 196 g/mol. The average Bonchev–Trinajstić information content (AvgIpc) is 2.03. The molecule has 1 aromatic rings. The molecule has 0 spiro atoms. The molecule has 0 aliphatic rings. The molecule has 0 saturated carbocycles. The van der Waals surface area contributed by atoms with Gasteiger partial charge in [0.1, 0.15) is 0 Å². The Balaban J connectivity index is 2.83. The van der Waals surface area contributed by atoms with Crippen molar-refractivity contribution in [3.8, 4) is 0 Å². The molecule has 0 radical (unpaired) electrons. The summed E-state index contributed by atoms with van der Waals surface area (Å²) in [6, 6.07) is 6.32. The van der Waals surface area contributed by atoms with Gasteiger partial charge in [-0.1, -0.05) is 12.1 Å². The van der Waals surface area contributed by atoms with E-state index in [-0.39, 0.29) is 4.90 Å². The minimum absolute atomic E-state index is 0.280. The molecule has 0 aromatic heterocycles. The van der Waals surface area contributed by atoms with Crippen LogP contribution < -0.4 is 5.73 Å². The average molecular weight is 205 g/mol. The number of hydrogen-bond acceptors (Lipinski definition) is 2. The van der Waals surface area contributed by atoms with Crippen molar-refractivity contribution in [2.24, 2.45) is 0 Å². The predicted octanol–water partition coefficient (Wildman–Crippen LogP) is 1.64. The van der Waals surface area contributed by atoms with Crippen LogP contribution in [0.4, 0.5) is 14.5 Å².